The highest BCUT2D eigenvalue weighted by atomic mass is 35.5. The van der Waals surface area contributed by atoms with Crippen molar-refractivity contribution in [3.63, 3.8) is 0 Å². The van der Waals surface area contributed by atoms with Gasteiger partial charge in [0, 0.05) is 23.9 Å². The minimum Gasteiger partial charge on any atom is -0.493 e. The van der Waals surface area contributed by atoms with E-state index in [4.69, 9.17) is 15.2 Å². The maximum Gasteiger partial charge on any atom is 0.341 e. The second kappa shape index (κ2) is 10.4. The van der Waals surface area contributed by atoms with Gasteiger partial charge in [0.15, 0.2) is 16.9 Å². The molecule has 1 aromatic carbocycles. The average molecular weight is 465 g/mol. The van der Waals surface area contributed by atoms with Crippen LogP contribution in [0.2, 0.25) is 0 Å². The number of ether oxygens (including phenoxy) is 2. The number of rotatable bonds is 8. The molecule has 1 aliphatic heterocycles. The first kappa shape index (κ1) is 25.7. The molecule has 8 heteroatoms. The number of carboxylic acids is 1. The molecule has 0 aliphatic carbocycles. The van der Waals surface area contributed by atoms with Gasteiger partial charge in [0.2, 0.25) is 0 Å². The molecule has 2 aromatic rings. The summed E-state index contributed by atoms with van der Waals surface area (Å²) in [4.78, 5) is 24.1. The van der Waals surface area contributed by atoms with Crippen LogP contribution in [0.3, 0.4) is 0 Å². The highest BCUT2D eigenvalue weighted by Gasteiger charge is 2.34. The van der Waals surface area contributed by atoms with E-state index in [0.29, 0.717) is 36.8 Å². The van der Waals surface area contributed by atoms with Crippen molar-refractivity contribution >= 4 is 18.4 Å². The highest BCUT2D eigenvalue weighted by Crippen LogP contribution is 2.45. The minimum absolute atomic E-state index is 0. The number of pyridine rings is 1. The van der Waals surface area contributed by atoms with Crippen LogP contribution in [0.5, 0.6) is 11.5 Å². The standard InChI is InChI=1S/C24H32N2O5.ClH/c1-24(2,3)22-11-15-10-21(31-9-7-5-6-8-25)20(30-4)12-16(15)18-13-19(27)17(23(28)29)14-26(18)22;/h10,12-14,22H,5-9,11,25H2,1-4H3,(H,28,29);1H. The van der Waals surface area contributed by atoms with Crippen molar-refractivity contribution in [2.24, 2.45) is 11.1 Å². The van der Waals surface area contributed by atoms with Crippen LogP contribution in [-0.2, 0) is 6.42 Å². The molecule has 1 aliphatic rings. The lowest BCUT2D eigenvalue weighted by Gasteiger charge is -2.39. The molecule has 0 bridgehead atoms. The summed E-state index contributed by atoms with van der Waals surface area (Å²) >= 11 is 0. The number of fused-ring (bicyclic) bond motifs is 3. The number of aromatic carboxylic acids is 1. The largest absolute Gasteiger partial charge is 0.493 e. The third kappa shape index (κ3) is 5.27. The zero-order valence-electron chi connectivity index (χ0n) is 19.1. The monoisotopic (exact) mass is 464 g/mol. The average Bonchev–Trinajstić information content (AvgIpc) is 2.71. The molecule has 0 saturated heterocycles. The number of benzene rings is 1. The molecule has 1 atom stereocenters. The summed E-state index contributed by atoms with van der Waals surface area (Å²) in [5.41, 5.74) is 7.30. The Morgan fingerprint density at radius 3 is 2.50 bits per heavy atom. The maximum absolute atomic E-state index is 12.5. The zero-order chi connectivity index (χ0) is 22.8. The molecular formula is C24H33ClN2O5. The van der Waals surface area contributed by atoms with Crippen LogP contribution in [-0.4, -0.2) is 35.9 Å². The highest BCUT2D eigenvalue weighted by molar-refractivity contribution is 5.88. The van der Waals surface area contributed by atoms with Gasteiger partial charge in [-0.2, -0.15) is 0 Å². The van der Waals surface area contributed by atoms with Crippen molar-refractivity contribution in [1.82, 2.24) is 4.57 Å². The van der Waals surface area contributed by atoms with Gasteiger partial charge in [-0.3, -0.25) is 4.79 Å². The number of methoxy groups -OCH3 is 1. The summed E-state index contributed by atoms with van der Waals surface area (Å²) in [6.45, 7) is 7.60. The van der Waals surface area contributed by atoms with Crippen LogP contribution in [0.4, 0.5) is 0 Å². The van der Waals surface area contributed by atoms with Crippen LogP contribution in [0.25, 0.3) is 11.3 Å². The number of aromatic nitrogens is 1. The van der Waals surface area contributed by atoms with Gasteiger partial charge in [0.05, 0.1) is 19.4 Å². The molecule has 32 heavy (non-hydrogen) atoms. The number of hydrogen-bond acceptors (Lipinski definition) is 5. The Kier molecular flexibility index (Phi) is 8.37. The van der Waals surface area contributed by atoms with Gasteiger partial charge in [-0.1, -0.05) is 20.8 Å². The van der Waals surface area contributed by atoms with E-state index in [9.17, 15) is 14.7 Å². The number of unbranched alkanes of at least 4 members (excludes halogenated alkanes) is 2. The van der Waals surface area contributed by atoms with E-state index < -0.39 is 11.4 Å². The number of carboxylic acid groups (broad SMARTS) is 1. The number of nitrogens with two attached hydrogens (primary N) is 1. The van der Waals surface area contributed by atoms with Gasteiger partial charge < -0.3 is 24.9 Å². The summed E-state index contributed by atoms with van der Waals surface area (Å²) in [5, 5.41) is 9.45. The molecule has 0 spiro atoms. The molecule has 1 aromatic heterocycles. The predicted molar refractivity (Wildman–Crippen MR) is 127 cm³/mol. The van der Waals surface area contributed by atoms with E-state index in [2.05, 4.69) is 20.8 Å². The summed E-state index contributed by atoms with van der Waals surface area (Å²) in [6, 6.07) is 5.29. The molecule has 0 radical (unpaired) electrons. The van der Waals surface area contributed by atoms with E-state index in [1.165, 1.54) is 12.3 Å². The van der Waals surface area contributed by atoms with Crippen LogP contribution in [0.1, 0.15) is 62.0 Å². The molecule has 176 valence electrons. The Bertz CT molecular complexity index is 1030. The fraction of sp³-hybridized carbons (Fsp3) is 0.500. The fourth-order valence-electron chi connectivity index (χ4n) is 4.10. The van der Waals surface area contributed by atoms with Gasteiger partial charge in [0.1, 0.15) is 5.56 Å². The molecule has 0 saturated carbocycles. The predicted octanol–water partition coefficient (Wildman–Crippen LogP) is 4.30. The van der Waals surface area contributed by atoms with Crippen LogP contribution in [0, 0.1) is 5.41 Å². The Balaban J connectivity index is 0.00000363. The Morgan fingerprint density at radius 2 is 1.91 bits per heavy atom. The molecule has 3 N–H and O–H groups in total. The van der Waals surface area contributed by atoms with E-state index in [0.717, 1.165) is 30.4 Å². The lowest BCUT2D eigenvalue weighted by atomic mass is 9.78. The van der Waals surface area contributed by atoms with Crippen molar-refractivity contribution in [3.8, 4) is 22.8 Å². The van der Waals surface area contributed by atoms with Gasteiger partial charge in [-0.25, -0.2) is 4.79 Å². The minimum atomic E-state index is -1.21. The van der Waals surface area contributed by atoms with E-state index >= 15 is 0 Å². The molecule has 7 nitrogen and oxygen atoms in total. The van der Waals surface area contributed by atoms with Crippen molar-refractivity contribution in [1.29, 1.82) is 0 Å². The van der Waals surface area contributed by atoms with Gasteiger partial charge in [-0.15, -0.1) is 12.4 Å². The summed E-state index contributed by atoms with van der Waals surface area (Å²) < 4.78 is 13.5. The van der Waals surface area contributed by atoms with Crippen LogP contribution in [0.15, 0.2) is 29.2 Å². The second-order valence-corrected chi connectivity index (χ2v) is 9.09. The third-order valence-corrected chi connectivity index (χ3v) is 5.83. The molecule has 0 fully saturated rings. The summed E-state index contributed by atoms with van der Waals surface area (Å²) in [7, 11) is 1.59. The van der Waals surface area contributed by atoms with Crippen molar-refractivity contribution in [2.75, 3.05) is 20.3 Å². The molecule has 0 amide bonds. The smallest absolute Gasteiger partial charge is 0.341 e. The topological polar surface area (TPSA) is 104 Å². The second-order valence-electron chi connectivity index (χ2n) is 9.09. The molecule has 2 heterocycles. The van der Waals surface area contributed by atoms with E-state index in [1.807, 2.05) is 16.7 Å². The molecular weight excluding hydrogens is 432 g/mol. The summed E-state index contributed by atoms with van der Waals surface area (Å²) in [6.07, 6.45) is 5.08. The lowest BCUT2D eigenvalue weighted by Crippen LogP contribution is -2.32. The Hall–Kier alpha value is -2.51. The van der Waals surface area contributed by atoms with E-state index in [1.54, 1.807) is 7.11 Å². The molecule has 3 rings (SSSR count). The first-order valence-electron chi connectivity index (χ1n) is 10.7. The van der Waals surface area contributed by atoms with Gasteiger partial charge in [-0.05, 0) is 55.3 Å². The first-order valence-corrected chi connectivity index (χ1v) is 10.7. The Labute approximate surface area is 194 Å². The van der Waals surface area contributed by atoms with Crippen molar-refractivity contribution in [2.45, 2.75) is 52.5 Å². The lowest BCUT2D eigenvalue weighted by molar-refractivity contribution is 0.0693. The fourth-order valence-corrected chi connectivity index (χ4v) is 4.10. The van der Waals surface area contributed by atoms with Gasteiger partial charge >= 0.3 is 5.97 Å². The number of nitrogens with zero attached hydrogens (tertiary/aromatic N) is 1. The van der Waals surface area contributed by atoms with Crippen LogP contribution >= 0.6 is 12.4 Å². The van der Waals surface area contributed by atoms with Crippen molar-refractivity contribution < 1.29 is 19.4 Å². The van der Waals surface area contributed by atoms with Crippen LogP contribution < -0.4 is 20.6 Å². The maximum atomic E-state index is 12.5. The summed E-state index contributed by atoms with van der Waals surface area (Å²) in [5.74, 6) is 0.0578. The van der Waals surface area contributed by atoms with E-state index in [-0.39, 0.29) is 29.4 Å². The first-order chi connectivity index (χ1) is 14.7. The SMILES string of the molecule is COc1cc2c(cc1OCCCCCN)CC(C(C)(C)C)n1cc(C(=O)O)c(=O)cc1-2.Cl. The number of hydrogen-bond donors (Lipinski definition) is 2. The normalized spacial score (nSPS) is 14.7. The number of halogens is 1. The third-order valence-electron chi connectivity index (χ3n) is 5.83. The van der Waals surface area contributed by atoms with Gasteiger partial charge in [0.25, 0.3) is 0 Å². The Morgan fingerprint density at radius 1 is 1.19 bits per heavy atom. The quantitative estimate of drug-likeness (QED) is 0.564. The zero-order valence-corrected chi connectivity index (χ0v) is 20.0. The number of carbonyl (C=O) groups is 1. The van der Waals surface area contributed by atoms with Crippen molar-refractivity contribution in [3.05, 3.63) is 45.7 Å². The molecule has 1 unspecified atom stereocenters.